The smallest absolute Gasteiger partial charge is 0.330 e. The molecular weight excluding hydrogens is 540 g/mol. The van der Waals surface area contributed by atoms with Crippen LogP contribution >= 0.6 is 0 Å². The predicted molar refractivity (Wildman–Crippen MR) is 153 cm³/mol. The summed E-state index contributed by atoms with van der Waals surface area (Å²) in [6.07, 6.45) is 7.18. The number of hydrogen-bond donors (Lipinski definition) is 0. The maximum atomic E-state index is 13.6. The predicted octanol–water partition coefficient (Wildman–Crippen LogP) is 2.95. The van der Waals surface area contributed by atoms with Gasteiger partial charge >= 0.3 is 5.69 Å². The first kappa shape index (κ1) is 27.7. The third-order valence-electron chi connectivity index (χ3n) is 10.2. The molecule has 12 nitrogen and oxygen atoms in total. The Bertz CT molecular complexity index is 1570. The van der Waals surface area contributed by atoms with E-state index >= 15 is 0 Å². The van der Waals surface area contributed by atoms with Crippen LogP contribution in [0.2, 0.25) is 0 Å². The van der Waals surface area contributed by atoms with Crippen LogP contribution in [0.1, 0.15) is 75.6 Å². The summed E-state index contributed by atoms with van der Waals surface area (Å²) in [5, 5.41) is 4.51. The van der Waals surface area contributed by atoms with Crippen molar-refractivity contribution in [1.29, 1.82) is 0 Å². The molecule has 4 aliphatic rings. The van der Waals surface area contributed by atoms with E-state index in [2.05, 4.69) is 17.1 Å². The topological polar surface area (TPSA) is 127 Å². The van der Waals surface area contributed by atoms with Crippen LogP contribution in [0, 0.1) is 0 Å². The van der Waals surface area contributed by atoms with Crippen LogP contribution in [0.15, 0.2) is 9.32 Å². The van der Waals surface area contributed by atoms with E-state index in [1.54, 1.807) is 23.3 Å². The number of ketones is 1. The molecule has 2 aliphatic carbocycles. The quantitative estimate of drug-likeness (QED) is 0.429. The molecule has 3 fully saturated rings. The van der Waals surface area contributed by atoms with Crippen molar-refractivity contribution in [2.75, 3.05) is 33.9 Å². The van der Waals surface area contributed by atoms with Gasteiger partial charge in [-0.2, -0.15) is 4.98 Å². The summed E-state index contributed by atoms with van der Waals surface area (Å²) in [5.74, 6) is 1.38. The molecule has 0 bridgehead atoms. The average molecular weight is 581 g/mol. The second-order valence-electron chi connectivity index (χ2n) is 12.6. The number of carbonyl (C=O) groups is 1. The molecule has 1 saturated carbocycles. The maximum absolute atomic E-state index is 13.6. The standard InChI is InChI=1S/C30H40N6O6/c1-17(21-14-19(39-4)15-34(21)2)41-28-23-27(36(29(38)35(23)3)18-10-13-40-16-18)31-26(32-28)24-20-8-7-12-30(25(20)33-42-24)11-6-5-9-22(30)37/h17-19,21H,5-16H2,1-4H3/t17-,18+,19-,21-,30+/m0/s1. The second-order valence-corrected chi connectivity index (χ2v) is 12.6. The highest BCUT2D eigenvalue weighted by atomic mass is 16.5. The van der Waals surface area contributed by atoms with E-state index in [9.17, 15) is 9.59 Å². The molecule has 1 spiro atoms. The summed E-state index contributed by atoms with van der Waals surface area (Å²) >= 11 is 0. The number of carbonyl (C=O) groups excluding carboxylic acids is 1. The van der Waals surface area contributed by atoms with Crippen LogP contribution in [0.4, 0.5) is 0 Å². The summed E-state index contributed by atoms with van der Waals surface area (Å²) in [4.78, 5) is 39.0. The van der Waals surface area contributed by atoms with Gasteiger partial charge in [-0.05, 0) is 58.9 Å². The van der Waals surface area contributed by atoms with Crippen LogP contribution in [0.5, 0.6) is 5.88 Å². The third kappa shape index (κ3) is 4.24. The van der Waals surface area contributed by atoms with Gasteiger partial charge in [0.25, 0.3) is 0 Å². The first-order valence-corrected chi connectivity index (χ1v) is 15.3. The molecule has 0 amide bonds. The zero-order valence-electron chi connectivity index (χ0n) is 24.9. The van der Waals surface area contributed by atoms with E-state index in [0.29, 0.717) is 48.3 Å². The molecule has 0 unspecified atom stereocenters. The van der Waals surface area contributed by atoms with Crippen molar-refractivity contribution < 1.29 is 23.5 Å². The lowest BCUT2D eigenvalue weighted by Crippen LogP contribution is -2.41. The van der Waals surface area contributed by atoms with Gasteiger partial charge in [0.1, 0.15) is 17.6 Å². The van der Waals surface area contributed by atoms with Crippen molar-refractivity contribution in [3.63, 3.8) is 0 Å². The third-order valence-corrected chi connectivity index (χ3v) is 10.2. The van der Waals surface area contributed by atoms with Crippen LogP contribution in [0.3, 0.4) is 0 Å². The van der Waals surface area contributed by atoms with E-state index in [1.807, 2.05) is 6.92 Å². The van der Waals surface area contributed by atoms with Crippen molar-refractivity contribution >= 4 is 16.9 Å². The number of Topliss-reactive ketones (excluding diaryl/α,β-unsaturated/α-hetero) is 1. The Morgan fingerprint density at radius 2 is 1.93 bits per heavy atom. The van der Waals surface area contributed by atoms with Gasteiger partial charge in [-0.25, -0.2) is 9.78 Å². The molecule has 226 valence electrons. The number of hydrogen-bond acceptors (Lipinski definition) is 10. The van der Waals surface area contributed by atoms with E-state index in [0.717, 1.165) is 69.2 Å². The number of nitrogens with zero attached hydrogens (tertiary/aromatic N) is 6. The summed E-state index contributed by atoms with van der Waals surface area (Å²) in [6.45, 7) is 3.88. The van der Waals surface area contributed by atoms with Crippen molar-refractivity contribution in [1.82, 2.24) is 29.2 Å². The Kier molecular flexibility index (Phi) is 6.98. The van der Waals surface area contributed by atoms with Crippen molar-refractivity contribution in [2.24, 2.45) is 7.05 Å². The summed E-state index contributed by atoms with van der Waals surface area (Å²) in [7, 11) is 5.54. The largest absolute Gasteiger partial charge is 0.471 e. The van der Waals surface area contributed by atoms with Gasteiger partial charge in [-0.15, -0.1) is 0 Å². The molecule has 12 heteroatoms. The molecule has 0 aromatic carbocycles. The number of aryl methyl sites for hydroxylation is 1. The van der Waals surface area contributed by atoms with Crippen molar-refractivity contribution in [3.05, 3.63) is 21.7 Å². The fourth-order valence-electron chi connectivity index (χ4n) is 7.81. The zero-order chi connectivity index (χ0) is 29.2. The Labute approximate surface area is 244 Å². The van der Waals surface area contributed by atoms with Gasteiger partial charge in [-0.3, -0.25) is 18.8 Å². The van der Waals surface area contributed by atoms with Crippen molar-refractivity contribution in [3.8, 4) is 17.5 Å². The highest BCUT2D eigenvalue weighted by Crippen LogP contribution is 2.47. The monoisotopic (exact) mass is 580 g/mol. The normalized spacial score (nSPS) is 29.0. The number of aromatic nitrogens is 5. The minimum Gasteiger partial charge on any atom is -0.471 e. The van der Waals surface area contributed by atoms with Gasteiger partial charge in [0.2, 0.25) is 17.5 Å². The van der Waals surface area contributed by atoms with Gasteiger partial charge < -0.3 is 18.7 Å². The van der Waals surface area contributed by atoms with Crippen molar-refractivity contribution in [2.45, 2.75) is 94.4 Å². The van der Waals surface area contributed by atoms with Crippen LogP contribution < -0.4 is 10.4 Å². The number of fused-ring (bicyclic) bond motifs is 3. The lowest BCUT2D eigenvalue weighted by atomic mass is 9.64. The molecule has 0 N–H and O–H groups in total. The fourth-order valence-corrected chi connectivity index (χ4v) is 7.81. The fraction of sp³-hybridized carbons (Fsp3) is 0.700. The molecule has 3 aromatic rings. The lowest BCUT2D eigenvalue weighted by Gasteiger charge is -2.37. The highest BCUT2D eigenvalue weighted by molar-refractivity contribution is 5.91. The molecule has 2 aliphatic heterocycles. The number of ether oxygens (including phenoxy) is 3. The van der Waals surface area contributed by atoms with Crippen LogP contribution in [0.25, 0.3) is 22.7 Å². The van der Waals surface area contributed by atoms with Crippen LogP contribution in [-0.2, 0) is 33.2 Å². The first-order valence-electron chi connectivity index (χ1n) is 15.3. The molecule has 7 rings (SSSR count). The number of imidazole rings is 1. The molecule has 0 radical (unpaired) electrons. The summed E-state index contributed by atoms with van der Waals surface area (Å²) < 4.78 is 27.2. The SMILES string of the molecule is CO[C@H]1C[C@@H]([C@H](C)Oc2nc(-c3onc4c3CCC[C@@]43CCCCC3=O)nc3c2n(C)c(=O)n3[C@@H]2CCOC2)N(C)C1. The minimum atomic E-state index is -0.577. The molecule has 5 heterocycles. The maximum Gasteiger partial charge on any atom is 0.330 e. The van der Waals surface area contributed by atoms with Crippen LogP contribution in [-0.4, -0.2) is 87.1 Å². The molecular formula is C30H40N6O6. The Morgan fingerprint density at radius 3 is 2.67 bits per heavy atom. The Balaban J connectivity index is 1.36. The number of likely N-dealkylation sites (tertiary alicyclic amines) is 1. The van der Waals surface area contributed by atoms with E-state index in [-0.39, 0.29) is 35.8 Å². The second kappa shape index (κ2) is 10.6. The van der Waals surface area contributed by atoms with E-state index in [4.69, 9.17) is 28.7 Å². The molecule has 3 aromatic heterocycles. The number of methoxy groups -OCH3 is 1. The molecule has 2 saturated heterocycles. The average Bonchev–Trinajstić information content (AvgIpc) is 3.78. The Hall–Kier alpha value is -3.09. The van der Waals surface area contributed by atoms with Gasteiger partial charge in [0.15, 0.2) is 11.2 Å². The first-order chi connectivity index (χ1) is 20.3. The zero-order valence-corrected chi connectivity index (χ0v) is 24.9. The van der Waals surface area contributed by atoms with Gasteiger partial charge in [-0.1, -0.05) is 11.6 Å². The van der Waals surface area contributed by atoms with Gasteiger partial charge in [0.05, 0.1) is 24.2 Å². The number of rotatable bonds is 6. The van der Waals surface area contributed by atoms with E-state index < -0.39 is 5.41 Å². The molecule has 42 heavy (non-hydrogen) atoms. The van der Waals surface area contributed by atoms with E-state index in [1.165, 1.54) is 0 Å². The highest BCUT2D eigenvalue weighted by Gasteiger charge is 2.48. The van der Waals surface area contributed by atoms with Gasteiger partial charge in [0, 0.05) is 45.3 Å². The Morgan fingerprint density at radius 1 is 1.10 bits per heavy atom. The summed E-state index contributed by atoms with van der Waals surface area (Å²) in [6, 6.07) is -0.0228. The minimum absolute atomic E-state index is 0.112. The lowest BCUT2D eigenvalue weighted by molar-refractivity contribution is -0.127. The summed E-state index contributed by atoms with van der Waals surface area (Å²) in [5.41, 5.74) is 1.92. The number of likely N-dealkylation sites (N-methyl/N-ethyl adjacent to an activating group) is 1. The molecule has 5 atom stereocenters.